The second-order valence-electron chi connectivity index (χ2n) is 4.50. The molecule has 0 aromatic heterocycles. The van der Waals surface area contributed by atoms with E-state index in [-0.39, 0.29) is 22.2 Å². The number of phenolic OH excluding ortho intramolecular Hbond substituents is 1. The maximum atomic E-state index is 13.2. The number of aromatic hydroxyl groups is 1. The summed E-state index contributed by atoms with van der Waals surface area (Å²) in [7, 11) is 0. The molecule has 1 N–H and O–H groups in total. The molecule has 1 amide bonds. The van der Waals surface area contributed by atoms with Crippen LogP contribution in [0.2, 0.25) is 5.02 Å². The Morgan fingerprint density at radius 2 is 2.27 bits per heavy atom. The molecule has 118 valence electrons. The first kappa shape index (κ1) is 17.6. The van der Waals surface area contributed by atoms with E-state index in [1.807, 2.05) is 6.26 Å². The molecule has 0 unspecified atom stereocenters. The number of halogens is 2. The molecule has 1 fully saturated rings. The highest BCUT2D eigenvalue weighted by atomic mass is 35.5. The fourth-order valence-electron chi connectivity index (χ4n) is 1.87. The van der Waals surface area contributed by atoms with Gasteiger partial charge in [0.05, 0.1) is 9.93 Å². The van der Waals surface area contributed by atoms with Gasteiger partial charge in [-0.15, -0.1) is 0 Å². The lowest BCUT2D eigenvalue weighted by atomic mass is 10.1. The van der Waals surface area contributed by atoms with Crippen molar-refractivity contribution in [2.24, 2.45) is 0 Å². The summed E-state index contributed by atoms with van der Waals surface area (Å²) in [5, 5.41) is 9.64. The Balaban J connectivity index is 2.21. The Hall–Kier alpha value is -0.760. The Morgan fingerprint density at radius 3 is 2.95 bits per heavy atom. The predicted molar refractivity (Wildman–Crippen MR) is 96.0 cm³/mol. The largest absolute Gasteiger partial charge is 0.507 e. The average molecular weight is 378 g/mol. The summed E-state index contributed by atoms with van der Waals surface area (Å²) < 4.78 is 13.7. The molecule has 0 radical (unpaired) electrons. The summed E-state index contributed by atoms with van der Waals surface area (Å²) in [5.41, 5.74) is 0.288. The van der Waals surface area contributed by atoms with Crippen LogP contribution in [0.5, 0.6) is 5.75 Å². The first-order valence-electron chi connectivity index (χ1n) is 6.36. The third-order valence-electron chi connectivity index (χ3n) is 2.96. The summed E-state index contributed by atoms with van der Waals surface area (Å²) in [6.45, 7) is 0.568. The van der Waals surface area contributed by atoms with Crippen molar-refractivity contribution in [3.63, 3.8) is 0 Å². The van der Waals surface area contributed by atoms with Crippen LogP contribution in [0.4, 0.5) is 4.39 Å². The zero-order valence-corrected chi connectivity index (χ0v) is 14.8. The molecule has 1 aromatic rings. The fraction of sp³-hybridized carbons (Fsp3) is 0.286. The maximum Gasteiger partial charge on any atom is 0.266 e. The van der Waals surface area contributed by atoms with Crippen LogP contribution in [0.25, 0.3) is 6.08 Å². The normalized spacial score (nSPS) is 16.9. The first-order chi connectivity index (χ1) is 10.4. The number of thiocarbonyl (C=S) groups is 1. The topological polar surface area (TPSA) is 40.5 Å². The molecule has 0 bridgehead atoms. The van der Waals surface area contributed by atoms with E-state index in [9.17, 15) is 14.3 Å². The minimum Gasteiger partial charge on any atom is -0.507 e. The van der Waals surface area contributed by atoms with Crippen molar-refractivity contribution in [1.29, 1.82) is 0 Å². The van der Waals surface area contributed by atoms with Crippen molar-refractivity contribution in [2.45, 2.75) is 6.42 Å². The summed E-state index contributed by atoms with van der Waals surface area (Å²) in [4.78, 5) is 14.3. The number of carbonyl (C=O) groups is 1. The van der Waals surface area contributed by atoms with E-state index >= 15 is 0 Å². The summed E-state index contributed by atoms with van der Waals surface area (Å²) >= 11 is 13.8. The zero-order valence-electron chi connectivity index (χ0n) is 11.6. The smallest absolute Gasteiger partial charge is 0.266 e. The number of amides is 1. The highest BCUT2D eigenvalue weighted by molar-refractivity contribution is 8.26. The van der Waals surface area contributed by atoms with Gasteiger partial charge in [0, 0.05) is 18.2 Å². The SMILES string of the molecule is CSCCCN1C(=O)/C(=C/c2cc(Cl)c(F)cc2O)SC1=S. The lowest BCUT2D eigenvalue weighted by molar-refractivity contribution is -0.122. The Bertz CT molecular complexity index is 651. The summed E-state index contributed by atoms with van der Waals surface area (Å²) in [5.74, 6) is -0.226. The standard InChI is InChI=1S/C14H13ClFNO2S3/c1-21-4-2-3-17-13(19)12(22-14(17)20)6-8-5-9(15)10(16)7-11(8)18/h5-7,18H,2-4H2,1H3/b12-6-. The van der Waals surface area contributed by atoms with Gasteiger partial charge in [0.1, 0.15) is 15.9 Å². The van der Waals surface area contributed by atoms with Crippen molar-refractivity contribution in [1.82, 2.24) is 4.90 Å². The van der Waals surface area contributed by atoms with Crippen LogP contribution in [0.3, 0.4) is 0 Å². The van der Waals surface area contributed by atoms with Crippen LogP contribution in [0, 0.1) is 5.82 Å². The van der Waals surface area contributed by atoms with Crippen molar-refractivity contribution < 1.29 is 14.3 Å². The number of rotatable bonds is 5. The molecule has 1 aliphatic heterocycles. The third kappa shape index (κ3) is 3.95. The van der Waals surface area contributed by atoms with Gasteiger partial charge in [-0.1, -0.05) is 35.6 Å². The monoisotopic (exact) mass is 377 g/mol. The second kappa shape index (κ2) is 7.68. The van der Waals surface area contributed by atoms with Crippen LogP contribution < -0.4 is 0 Å². The number of nitrogens with zero attached hydrogens (tertiary/aromatic N) is 1. The number of phenols is 1. The summed E-state index contributed by atoms with van der Waals surface area (Å²) in [6, 6.07) is 2.21. The first-order valence-corrected chi connectivity index (χ1v) is 9.36. The third-order valence-corrected chi connectivity index (χ3v) is 5.32. The molecule has 8 heteroatoms. The molecule has 1 saturated heterocycles. The van der Waals surface area contributed by atoms with Gasteiger partial charge in [-0.05, 0) is 30.6 Å². The molecule has 22 heavy (non-hydrogen) atoms. The quantitative estimate of drug-likeness (QED) is 0.474. The zero-order chi connectivity index (χ0) is 16.3. The van der Waals surface area contributed by atoms with E-state index in [4.69, 9.17) is 23.8 Å². The van der Waals surface area contributed by atoms with Crippen LogP contribution >= 0.6 is 47.3 Å². The fourth-order valence-corrected chi connectivity index (χ4v) is 3.76. The Morgan fingerprint density at radius 1 is 1.55 bits per heavy atom. The van der Waals surface area contributed by atoms with Gasteiger partial charge >= 0.3 is 0 Å². The van der Waals surface area contributed by atoms with Gasteiger partial charge < -0.3 is 5.11 Å². The van der Waals surface area contributed by atoms with Gasteiger partial charge in [0.15, 0.2) is 0 Å². The minimum atomic E-state index is -0.707. The van der Waals surface area contributed by atoms with Gasteiger partial charge in [0.2, 0.25) is 0 Å². The van der Waals surface area contributed by atoms with E-state index in [0.717, 1.165) is 18.2 Å². The Kier molecular flexibility index (Phi) is 6.14. The number of hydrogen-bond donors (Lipinski definition) is 1. The van der Waals surface area contributed by atoms with E-state index < -0.39 is 5.82 Å². The van der Waals surface area contributed by atoms with E-state index in [1.165, 1.54) is 23.9 Å². The maximum absolute atomic E-state index is 13.2. The highest BCUT2D eigenvalue weighted by Gasteiger charge is 2.31. The highest BCUT2D eigenvalue weighted by Crippen LogP contribution is 2.35. The lowest BCUT2D eigenvalue weighted by Crippen LogP contribution is -2.29. The summed E-state index contributed by atoms with van der Waals surface area (Å²) in [6.07, 6.45) is 4.34. The average Bonchev–Trinajstić information content (AvgIpc) is 2.72. The Labute approximate surface area is 146 Å². The molecule has 1 heterocycles. The molecule has 3 nitrogen and oxygen atoms in total. The van der Waals surface area contributed by atoms with Gasteiger partial charge in [-0.2, -0.15) is 11.8 Å². The molecule has 1 aliphatic rings. The van der Waals surface area contributed by atoms with E-state index in [2.05, 4.69) is 0 Å². The van der Waals surface area contributed by atoms with E-state index in [1.54, 1.807) is 16.7 Å². The van der Waals surface area contributed by atoms with Gasteiger partial charge in [-0.25, -0.2) is 4.39 Å². The van der Waals surface area contributed by atoms with Gasteiger partial charge in [0.25, 0.3) is 5.91 Å². The van der Waals surface area contributed by atoms with Crippen LogP contribution in [-0.2, 0) is 4.79 Å². The van der Waals surface area contributed by atoms with Crippen molar-refractivity contribution in [3.8, 4) is 5.75 Å². The van der Waals surface area contributed by atoms with Crippen LogP contribution in [0.15, 0.2) is 17.0 Å². The second-order valence-corrected chi connectivity index (χ2v) is 7.57. The lowest BCUT2D eigenvalue weighted by Gasteiger charge is -2.13. The molecule has 1 aromatic carbocycles. The predicted octanol–water partition coefficient (Wildman–Crippen LogP) is 4.14. The minimum absolute atomic E-state index is 0.112. The molecular formula is C14H13ClFNO2S3. The van der Waals surface area contributed by atoms with Crippen LogP contribution in [-0.4, -0.2) is 38.8 Å². The van der Waals surface area contributed by atoms with Gasteiger partial charge in [-0.3, -0.25) is 9.69 Å². The molecule has 0 aliphatic carbocycles. The van der Waals surface area contributed by atoms with Crippen LogP contribution in [0.1, 0.15) is 12.0 Å². The molecular weight excluding hydrogens is 365 g/mol. The van der Waals surface area contributed by atoms with Crippen molar-refractivity contribution >= 4 is 63.6 Å². The molecule has 0 saturated carbocycles. The number of benzene rings is 1. The molecule has 0 atom stereocenters. The number of carbonyl (C=O) groups excluding carboxylic acids is 1. The molecule has 0 spiro atoms. The molecule has 2 rings (SSSR count). The van der Waals surface area contributed by atoms with E-state index in [0.29, 0.717) is 15.8 Å². The van der Waals surface area contributed by atoms with Crippen molar-refractivity contribution in [3.05, 3.63) is 33.4 Å². The number of hydrogen-bond acceptors (Lipinski definition) is 5. The van der Waals surface area contributed by atoms with Crippen molar-refractivity contribution in [2.75, 3.05) is 18.6 Å². The number of thioether (sulfide) groups is 2.